The molecule has 1 aromatic carbocycles. The van der Waals surface area contributed by atoms with Crippen LogP contribution in [-0.4, -0.2) is 31.4 Å². The molecule has 0 aromatic heterocycles. The van der Waals surface area contributed by atoms with Crippen LogP contribution in [0.2, 0.25) is 0 Å². The van der Waals surface area contributed by atoms with Crippen LogP contribution < -0.4 is 10.6 Å². The largest absolute Gasteiger partial charge is 0.331 e. The smallest absolute Gasteiger partial charge is 0.321 e. The molecule has 0 heterocycles. The molecule has 0 saturated carbocycles. The maximum atomic E-state index is 11.5. The minimum atomic E-state index is -0.238. The van der Waals surface area contributed by atoms with E-state index in [1.54, 1.807) is 26.2 Å². The average molecular weight is 221 g/mol. The Morgan fingerprint density at radius 1 is 1.31 bits per heavy atom. The normalized spacial score (nSPS) is 9.44. The maximum absolute atomic E-state index is 11.5. The summed E-state index contributed by atoms with van der Waals surface area (Å²) >= 11 is 0. The Morgan fingerprint density at radius 3 is 2.56 bits per heavy atom. The molecule has 5 nitrogen and oxygen atoms in total. The predicted octanol–water partition coefficient (Wildman–Crippen LogP) is 1.66. The van der Waals surface area contributed by atoms with Gasteiger partial charge in [0.2, 0.25) is 6.41 Å². The van der Waals surface area contributed by atoms with Gasteiger partial charge in [0.15, 0.2) is 0 Å². The highest BCUT2D eigenvalue weighted by Gasteiger charge is 2.07. The highest BCUT2D eigenvalue weighted by molar-refractivity contribution is 5.94. The summed E-state index contributed by atoms with van der Waals surface area (Å²) in [5, 5.41) is 5.24. The van der Waals surface area contributed by atoms with Crippen molar-refractivity contribution in [3.05, 3.63) is 23.8 Å². The maximum Gasteiger partial charge on any atom is 0.321 e. The summed E-state index contributed by atoms with van der Waals surface area (Å²) in [6.45, 7) is 1.91. The lowest BCUT2D eigenvalue weighted by Crippen LogP contribution is -2.27. The number of aryl methyl sites for hydroxylation is 1. The van der Waals surface area contributed by atoms with Crippen molar-refractivity contribution in [1.29, 1.82) is 0 Å². The van der Waals surface area contributed by atoms with Gasteiger partial charge in [0.1, 0.15) is 0 Å². The number of carbonyl (C=O) groups is 2. The summed E-state index contributed by atoms with van der Waals surface area (Å²) < 4.78 is 0. The number of nitrogens with zero attached hydrogens (tertiary/aromatic N) is 1. The summed E-state index contributed by atoms with van der Waals surface area (Å²) in [7, 11) is 3.30. The van der Waals surface area contributed by atoms with E-state index in [1.165, 1.54) is 4.90 Å². The molecular weight excluding hydrogens is 206 g/mol. The minimum absolute atomic E-state index is 0.238. The van der Waals surface area contributed by atoms with E-state index in [0.29, 0.717) is 17.8 Å². The van der Waals surface area contributed by atoms with Gasteiger partial charge in [0.05, 0.1) is 11.4 Å². The fraction of sp³-hybridized carbons (Fsp3) is 0.273. The monoisotopic (exact) mass is 221 g/mol. The van der Waals surface area contributed by atoms with Crippen LogP contribution in [-0.2, 0) is 4.79 Å². The fourth-order valence-corrected chi connectivity index (χ4v) is 1.18. The second-order valence-electron chi connectivity index (χ2n) is 3.64. The second-order valence-corrected chi connectivity index (χ2v) is 3.64. The van der Waals surface area contributed by atoms with Crippen LogP contribution >= 0.6 is 0 Å². The van der Waals surface area contributed by atoms with Crippen LogP contribution in [0.3, 0.4) is 0 Å². The third kappa shape index (κ3) is 2.98. The van der Waals surface area contributed by atoms with Gasteiger partial charge in [0, 0.05) is 14.1 Å². The first-order valence-electron chi connectivity index (χ1n) is 4.83. The molecular formula is C11H15N3O2. The quantitative estimate of drug-likeness (QED) is 0.762. The lowest BCUT2D eigenvalue weighted by Gasteiger charge is -2.14. The summed E-state index contributed by atoms with van der Waals surface area (Å²) in [5.41, 5.74) is 2.17. The highest BCUT2D eigenvalue weighted by atomic mass is 16.2. The molecule has 0 atom stereocenters. The molecule has 5 heteroatoms. The van der Waals surface area contributed by atoms with Gasteiger partial charge in [-0.2, -0.15) is 0 Å². The third-order valence-corrected chi connectivity index (χ3v) is 2.04. The average Bonchev–Trinajstić information content (AvgIpc) is 2.22. The van der Waals surface area contributed by atoms with Crippen molar-refractivity contribution >= 4 is 23.8 Å². The van der Waals surface area contributed by atoms with Crippen LogP contribution in [0.15, 0.2) is 18.2 Å². The van der Waals surface area contributed by atoms with Gasteiger partial charge in [-0.3, -0.25) is 4.79 Å². The minimum Gasteiger partial charge on any atom is -0.331 e. The molecule has 3 amide bonds. The first-order valence-corrected chi connectivity index (χ1v) is 4.83. The number of nitrogens with one attached hydrogen (secondary N) is 2. The second kappa shape index (κ2) is 5.16. The number of carbonyl (C=O) groups excluding carboxylic acids is 2. The Kier molecular flexibility index (Phi) is 3.88. The Hall–Kier alpha value is -2.04. The Balaban J connectivity index is 2.94. The van der Waals surface area contributed by atoms with E-state index in [1.807, 2.05) is 13.0 Å². The lowest BCUT2D eigenvalue weighted by molar-refractivity contribution is -0.105. The van der Waals surface area contributed by atoms with Gasteiger partial charge >= 0.3 is 6.03 Å². The number of amides is 3. The summed E-state index contributed by atoms with van der Waals surface area (Å²) in [6, 6.07) is 5.17. The van der Waals surface area contributed by atoms with Crippen LogP contribution in [0, 0.1) is 6.92 Å². The van der Waals surface area contributed by atoms with Crippen molar-refractivity contribution in [2.24, 2.45) is 0 Å². The molecule has 0 saturated heterocycles. The van der Waals surface area contributed by atoms with Crippen molar-refractivity contribution < 1.29 is 9.59 Å². The van der Waals surface area contributed by atoms with Crippen molar-refractivity contribution in [3.8, 4) is 0 Å². The number of urea groups is 1. The zero-order valence-corrected chi connectivity index (χ0v) is 9.57. The number of hydrogen-bond donors (Lipinski definition) is 2. The van der Waals surface area contributed by atoms with Gasteiger partial charge in [-0.1, -0.05) is 6.07 Å². The number of anilines is 2. The van der Waals surface area contributed by atoms with E-state index in [2.05, 4.69) is 10.6 Å². The number of benzene rings is 1. The standard InChI is InChI=1S/C11H15N3O2/c1-8-4-5-9(10(6-8)12-7-15)13-11(16)14(2)3/h4-7H,1-3H3,(H,12,15)(H,13,16). The Bertz CT molecular complexity index is 402. The van der Waals surface area contributed by atoms with Gasteiger partial charge in [-0.05, 0) is 24.6 Å². The molecule has 0 unspecified atom stereocenters. The summed E-state index contributed by atoms with van der Waals surface area (Å²) in [6.07, 6.45) is 0.583. The van der Waals surface area contributed by atoms with Crippen LogP contribution in [0.25, 0.3) is 0 Å². The van der Waals surface area contributed by atoms with E-state index in [4.69, 9.17) is 0 Å². The molecule has 86 valence electrons. The van der Waals surface area contributed by atoms with Crippen molar-refractivity contribution in [2.75, 3.05) is 24.7 Å². The number of rotatable bonds is 3. The molecule has 16 heavy (non-hydrogen) atoms. The predicted molar refractivity (Wildman–Crippen MR) is 63.6 cm³/mol. The van der Waals surface area contributed by atoms with E-state index in [9.17, 15) is 9.59 Å². The van der Waals surface area contributed by atoms with Crippen LogP contribution in [0.1, 0.15) is 5.56 Å². The van der Waals surface area contributed by atoms with Gasteiger partial charge in [-0.25, -0.2) is 4.79 Å². The molecule has 1 rings (SSSR count). The zero-order chi connectivity index (χ0) is 12.1. The van der Waals surface area contributed by atoms with E-state index in [-0.39, 0.29) is 6.03 Å². The third-order valence-electron chi connectivity index (χ3n) is 2.04. The van der Waals surface area contributed by atoms with E-state index >= 15 is 0 Å². The summed E-state index contributed by atoms with van der Waals surface area (Å²) in [5.74, 6) is 0. The molecule has 0 fully saturated rings. The molecule has 0 radical (unpaired) electrons. The Labute approximate surface area is 94.4 Å². The molecule has 0 aliphatic carbocycles. The van der Waals surface area contributed by atoms with Gasteiger partial charge in [-0.15, -0.1) is 0 Å². The molecule has 1 aromatic rings. The van der Waals surface area contributed by atoms with Crippen LogP contribution in [0.4, 0.5) is 16.2 Å². The molecule has 0 bridgehead atoms. The molecule has 2 N–H and O–H groups in total. The summed E-state index contributed by atoms with van der Waals surface area (Å²) in [4.78, 5) is 23.3. The fourth-order valence-electron chi connectivity index (χ4n) is 1.18. The lowest BCUT2D eigenvalue weighted by atomic mass is 10.2. The molecule has 0 aliphatic rings. The first kappa shape index (κ1) is 12.0. The zero-order valence-electron chi connectivity index (χ0n) is 9.57. The SMILES string of the molecule is Cc1ccc(NC(=O)N(C)C)c(NC=O)c1. The highest BCUT2D eigenvalue weighted by Crippen LogP contribution is 2.22. The van der Waals surface area contributed by atoms with Crippen LogP contribution in [0.5, 0.6) is 0 Å². The topological polar surface area (TPSA) is 61.4 Å². The Morgan fingerprint density at radius 2 is 2.00 bits per heavy atom. The van der Waals surface area contributed by atoms with Crippen molar-refractivity contribution in [2.45, 2.75) is 6.92 Å². The van der Waals surface area contributed by atoms with Crippen molar-refractivity contribution in [3.63, 3.8) is 0 Å². The van der Waals surface area contributed by atoms with Gasteiger partial charge in [0.25, 0.3) is 0 Å². The van der Waals surface area contributed by atoms with Crippen molar-refractivity contribution in [1.82, 2.24) is 4.90 Å². The molecule has 0 spiro atoms. The van der Waals surface area contributed by atoms with Gasteiger partial charge < -0.3 is 15.5 Å². The molecule has 0 aliphatic heterocycles. The van der Waals surface area contributed by atoms with E-state index in [0.717, 1.165) is 5.56 Å². The first-order chi connectivity index (χ1) is 7.54. The van der Waals surface area contributed by atoms with E-state index < -0.39 is 0 Å². The number of hydrogen-bond acceptors (Lipinski definition) is 2.